The van der Waals surface area contributed by atoms with Gasteiger partial charge in [0.2, 0.25) is 0 Å². The molecule has 0 aliphatic rings. The minimum atomic E-state index is -3.54. The van der Waals surface area contributed by atoms with Crippen LogP contribution in [0.1, 0.15) is 31.1 Å². The molecule has 1 N–H and O–H groups in total. The minimum Gasteiger partial charge on any atom is -0.385 e. The second-order valence-electron chi connectivity index (χ2n) is 4.20. The molecule has 0 aromatic heterocycles. The average molecular weight is 277 g/mol. The highest BCUT2D eigenvalue weighted by atomic mass is 35.5. The number of hydrogen-bond donors (Lipinski definition) is 1. The Balaban J connectivity index is 3.12. The Morgan fingerprint density at radius 1 is 1.35 bits per heavy atom. The number of rotatable bonds is 4. The predicted molar refractivity (Wildman–Crippen MR) is 69.9 cm³/mol. The Kier molecular flexibility index (Phi) is 4.23. The van der Waals surface area contributed by atoms with Crippen LogP contribution in [0.25, 0.3) is 0 Å². The van der Waals surface area contributed by atoms with Crippen molar-refractivity contribution < 1.29 is 13.5 Å². The summed E-state index contributed by atoms with van der Waals surface area (Å²) in [6.45, 7) is 4.76. The van der Waals surface area contributed by atoms with Crippen LogP contribution in [-0.2, 0) is 9.84 Å². The number of alkyl halides is 1. The summed E-state index contributed by atoms with van der Waals surface area (Å²) in [7, 11) is -3.54. The maximum absolute atomic E-state index is 11.8. The van der Waals surface area contributed by atoms with Crippen molar-refractivity contribution >= 4 is 21.4 Å². The SMILES string of the molecule is CCS(=O)(=O)[C@](C)(Cl)[C@H](O)c1ccc(C)cc1. The van der Waals surface area contributed by atoms with Gasteiger partial charge >= 0.3 is 0 Å². The Morgan fingerprint density at radius 3 is 2.24 bits per heavy atom. The van der Waals surface area contributed by atoms with Gasteiger partial charge in [-0.05, 0) is 19.4 Å². The number of benzene rings is 1. The van der Waals surface area contributed by atoms with Crippen LogP contribution in [0.2, 0.25) is 0 Å². The number of hydrogen-bond acceptors (Lipinski definition) is 3. The summed E-state index contributed by atoms with van der Waals surface area (Å²) in [6.07, 6.45) is -1.24. The van der Waals surface area contributed by atoms with Gasteiger partial charge in [0.25, 0.3) is 0 Å². The Labute approximate surface area is 107 Å². The third-order valence-electron chi connectivity index (χ3n) is 2.87. The fourth-order valence-corrected chi connectivity index (χ4v) is 2.99. The van der Waals surface area contributed by atoms with Crippen molar-refractivity contribution in [3.63, 3.8) is 0 Å². The summed E-state index contributed by atoms with van der Waals surface area (Å²) in [6, 6.07) is 6.99. The van der Waals surface area contributed by atoms with Gasteiger partial charge in [-0.3, -0.25) is 0 Å². The van der Waals surface area contributed by atoms with Crippen LogP contribution in [0.5, 0.6) is 0 Å². The second kappa shape index (κ2) is 4.96. The third-order valence-corrected chi connectivity index (χ3v) is 5.98. The van der Waals surface area contributed by atoms with E-state index in [1.807, 2.05) is 19.1 Å². The number of halogens is 1. The van der Waals surface area contributed by atoms with Gasteiger partial charge in [0.1, 0.15) is 6.10 Å². The van der Waals surface area contributed by atoms with Crippen molar-refractivity contribution in [2.75, 3.05) is 5.75 Å². The average Bonchev–Trinajstić information content (AvgIpc) is 2.28. The number of aryl methyl sites for hydroxylation is 1. The molecule has 0 radical (unpaired) electrons. The fraction of sp³-hybridized carbons (Fsp3) is 0.500. The highest BCUT2D eigenvalue weighted by molar-refractivity contribution is 7.94. The first-order chi connectivity index (χ1) is 7.72. The minimum absolute atomic E-state index is 0.101. The number of aliphatic hydroxyl groups is 1. The maximum atomic E-state index is 11.8. The smallest absolute Gasteiger partial charge is 0.172 e. The van der Waals surface area contributed by atoms with Crippen molar-refractivity contribution in [1.29, 1.82) is 0 Å². The van der Waals surface area contributed by atoms with E-state index in [1.54, 1.807) is 12.1 Å². The zero-order chi connectivity index (χ0) is 13.3. The van der Waals surface area contributed by atoms with Crippen LogP contribution in [0.3, 0.4) is 0 Å². The van der Waals surface area contributed by atoms with E-state index in [4.69, 9.17) is 11.6 Å². The lowest BCUT2D eigenvalue weighted by Gasteiger charge is -2.27. The van der Waals surface area contributed by atoms with Crippen LogP contribution in [-0.4, -0.2) is 23.5 Å². The second-order valence-corrected chi connectivity index (χ2v) is 7.87. The molecule has 0 bridgehead atoms. The van der Waals surface area contributed by atoms with Gasteiger partial charge < -0.3 is 5.11 Å². The van der Waals surface area contributed by atoms with E-state index in [0.29, 0.717) is 5.56 Å². The molecular weight excluding hydrogens is 260 g/mol. The Bertz CT molecular complexity index is 477. The normalized spacial score (nSPS) is 17.5. The standard InChI is InChI=1S/C12H17ClO3S/c1-4-17(15,16)12(3,13)11(14)10-7-5-9(2)6-8-10/h5-8,11,14H,4H2,1-3H3/t11-,12+/m1/s1. The van der Waals surface area contributed by atoms with E-state index in [0.717, 1.165) is 5.56 Å². The van der Waals surface area contributed by atoms with Gasteiger partial charge in [-0.1, -0.05) is 48.4 Å². The fourth-order valence-electron chi connectivity index (χ4n) is 1.50. The van der Waals surface area contributed by atoms with Gasteiger partial charge in [-0.15, -0.1) is 0 Å². The molecule has 0 amide bonds. The lowest BCUT2D eigenvalue weighted by molar-refractivity contribution is 0.162. The molecule has 0 aliphatic carbocycles. The topological polar surface area (TPSA) is 54.4 Å². The lowest BCUT2D eigenvalue weighted by atomic mass is 10.1. The summed E-state index contributed by atoms with van der Waals surface area (Å²) in [5.41, 5.74) is 1.54. The molecule has 0 heterocycles. The highest BCUT2D eigenvalue weighted by Gasteiger charge is 2.43. The predicted octanol–water partition coefficient (Wildman–Crippen LogP) is 2.42. The molecule has 1 rings (SSSR count). The van der Waals surface area contributed by atoms with Gasteiger partial charge in [0.05, 0.1) is 0 Å². The van der Waals surface area contributed by atoms with Crippen LogP contribution in [0, 0.1) is 6.92 Å². The first kappa shape index (κ1) is 14.5. The molecule has 0 unspecified atom stereocenters. The molecule has 96 valence electrons. The molecule has 1 aromatic carbocycles. The summed E-state index contributed by atoms with van der Waals surface area (Å²) >= 11 is 6.01. The molecule has 0 saturated carbocycles. The molecule has 0 aliphatic heterocycles. The summed E-state index contributed by atoms with van der Waals surface area (Å²) in [4.78, 5) is 0. The van der Waals surface area contributed by atoms with Gasteiger partial charge in [-0.25, -0.2) is 8.42 Å². The van der Waals surface area contributed by atoms with E-state index >= 15 is 0 Å². The van der Waals surface area contributed by atoms with E-state index in [9.17, 15) is 13.5 Å². The molecule has 2 atom stereocenters. The van der Waals surface area contributed by atoms with Gasteiger partial charge in [0.15, 0.2) is 14.0 Å². The molecule has 0 spiro atoms. The van der Waals surface area contributed by atoms with E-state index in [2.05, 4.69) is 0 Å². The quantitative estimate of drug-likeness (QED) is 0.860. The molecule has 5 heteroatoms. The van der Waals surface area contributed by atoms with E-state index in [-0.39, 0.29) is 5.75 Å². The van der Waals surface area contributed by atoms with Crippen molar-refractivity contribution in [2.24, 2.45) is 0 Å². The van der Waals surface area contributed by atoms with E-state index < -0.39 is 20.1 Å². The van der Waals surface area contributed by atoms with Gasteiger partial charge in [-0.2, -0.15) is 0 Å². The third kappa shape index (κ3) is 2.81. The largest absolute Gasteiger partial charge is 0.385 e. The molecule has 17 heavy (non-hydrogen) atoms. The monoisotopic (exact) mass is 276 g/mol. The summed E-state index contributed by atoms with van der Waals surface area (Å²) in [5.74, 6) is -0.101. The summed E-state index contributed by atoms with van der Waals surface area (Å²) in [5, 5.41) is 10.1. The van der Waals surface area contributed by atoms with Crippen LogP contribution in [0.15, 0.2) is 24.3 Å². The van der Waals surface area contributed by atoms with Crippen molar-refractivity contribution in [3.05, 3.63) is 35.4 Å². The number of aliphatic hydroxyl groups excluding tert-OH is 1. The Morgan fingerprint density at radius 2 is 1.82 bits per heavy atom. The van der Waals surface area contributed by atoms with Crippen molar-refractivity contribution in [1.82, 2.24) is 0 Å². The highest BCUT2D eigenvalue weighted by Crippen LogP contribution is 2.37. The van der Waals surface area contributed by atoms with Crippen molar-refractivity contribution in [3.8, 4) is 0 Å². The molecule has 3 nitrogen and oxygen atoms in total. The van der Waals surface area contributed by atoms with Crippen molar-refractivity contribution in [2.45, 2.75) is 31.1 Å². The van der Waals surface area contributed by atoms with Gasteiger partial charge in [0, 0.05) is 5.75 Å². The number of sulfone groups is 1. The van der Waals surface area contributed by atoms with E-state index in [1.165, 1.54) is 13.8 Å². The molecule has 0 saturated heterocycles. The molecule has 0 fully saturated rings. The zero-order valence-corrected chi connectivity index (χ0v) is 11.7. The van der Waals surface area contributed by atoms with Crippen LogP contribution in [0.4, 0.5) is 0 Å². The molecule has 1 aromatic rings. The summed E-state index contributed by atoms with van der Waals surface area (Å²) < 4.78 is 21.9. The molecular formula is C12H17ClO3S. The first-order valence-corrected chi connectivity index (χ1v) is 7.41. The Hall–Kier alpha value is -0.580. The first-order valence-electron chi connectivity index (χ1n) is 5.38. The van der Waals surface area contributed by atoms with Crippen LogP contribution >= 0.6 is 11.6 Å². The maximum Gasteiger partial charge on any atom is 0.172 e. The zero-order valence-electron chi connectivity index (χ0n) is 10.1. The van der Waals surface area contributed by atoms with Crippen LogP contribution < -0.4 is 0 Å². The lowest BCUT2D eigenvalue weighted by Crippen LogP contribution is -2.37.